The monoisotopic (exact) mass is 480 g/mol. The van der Waals surface area contributed by atoms with Gasteiger partial charge in [-0.2, -0.15) is 0 Å². The Bertz CT molecular complexity index is 964. The van der Waals surface area contributed by atoms with Crippen LogP contribution in [0.25, 0.3) is 0 Å². The van der Waals surface area contributed by atoms with Gasteiger partial charge in [-0.25, -0.2) is 0 Å². The fraction of sp³-hybridized carbons (Fsp3) is 0.935. The molecule has 2 heterocycles. The molecule has 3 spiro atoms. The number of likely N-dealkylation sites (tertiary alicyclic amines) is 1. The van der Waals surface area contributed by atoms with Crippen LogP contribution in [0.2, 0.25) is 0 Å². The first-order valence-corrected chi connectivity index (χ1v) is 15.2. The highest BCUT2D eigenvalue weighted by molar-refractivity contribution is 5.42. The molecule has 8 aliphatic rings. The normalized spacial score (nSPS) is 59.8. The van der Waals surface area contributed by atoms with Crippen LogP contribution >= 0.6 is 0 Å². The number of allylic oxidation sites excluding steroid dienone is 1. The van der Waals surface area contributed by atoms with E-state index in [2.05, 4.69) is 43.8 Å². The molecule has 35 heavy (non-hydrogen) atoms. The van der Waals surface area contributed by atoms with Gasteiger partial charge in [0.25, 0.3) is 0 Å². The van der Waals surface area contributed by atoms with Crippen LogP contribution in [0.1, 0.15) is 78.1 Å². The van der Waals surface area contributed by atoms with Gasteiger partial charge in [0.2, 0.25) is 0 Å². The SMILES string of the molecule is C[C@H]1C[C@H]2O[C@@]34CC[C@H]5C6CC=C7C[C@@H](O)CC[C@]7(C)[C@H]6CC56CC63C[C@@H]4[C@@H]2N(CCN(C)C)C1. The van der Waals surface area contributed by atoms with Crippen molar-refractivity contribution in [1.82, 2.24) is 9.80 Å². The predicted molar refractivity (Wildman–Crippen MR) is 138 cm³/mol. The molecule has 0 aromatic rings. The van der Waals surface area contributed by atoms with Crippen LogP contribution < -0.4 is 0 Å². The van der Waals surface area contributed by atoms with Crippen molar-refractivity contribution < 1.29 is 9.84 Å². The highest BCUT2D eigenvalue weighted by Crippen LogP contribution is 2.93. The molecule has 0 aromatic heterocycles. The van der Waals surface area contributed by atoms with E-state index in [1.165, 1.54) is 71.0 Å². The van der Waals surface area contributed by atoms with Crippen molar-refractivity contribution in [2.75, 3.05) is 33.7 Å². The van der Waals surface area contributed by atoms with Crippen LogP contribution in [0.5, 0.6) is 0 Å². The van der Waals surface area contributed by atoms with E-state index < -0.39 is 0 Å². The van der Waals surface area contributed by atoms with Gasteiger partial charge in [-0.3, -0.25) is 4.90 Å². The second-order valence-corrected chi connectivity index (χ2v) is 15.3. The molecule has 0 aromatic carbocycles. The van der Waals surface area contributed by atoms with E-state index in [-0.39, 0.29) is 11.7 Å². The fourth-order valence-corrected chi connectivity index (χ4v) is 12.5. The van der Waals surface area contributed by atoms with Gasteiger partial charge in [0.15, 0.2) is 0 Å². The zero-order chi connectivity index (χ0) is 24.0. The van der Waals surface area contributed by atoms with Gasteiger partial charge < -0.3 is 14.7 Å². The number of likely N-dealkylation sites (N-methyl/N-ethyl adjacent to an activating group) is 1. The van der Waals surface area contributed by atoms with E-state index in [0.29, 0.717) is 28.4 Å². The molecule has 5 saturated carbocycles. The van der Waals surface area contributed by atoms with Crippen molar-refractivity contribution >= 4 is 0 Å². The van der Waals surface area contributed by atoms with Crippen molar-refractivity contribution in [1.29, 1.82) is 0 Å². The van der Waals surface area contributed by atoms with Crippen LogP contribution in [-0.2, 0) is 4.74 Å². The van der Waals surface area contributed by atoms with E-state index in [4.69, 9.17) is 4.74 Å². The van der Waals surface area contributed by atoms with Crippen LogP contribution in [-0.4, -0.2) is 72.5 Å². The maximum absolute atomic E-state index is 10.4. The summed E-state index contributed by atoms with van der Waals surface area (Å²) in [6, 6.07) is 0.681. The summed E-state index contributed by atoms with van der Waals surface area (Å²) in [4.78, 5) is 5.22. The first kappa shape index (κ1) is 22.6. The molecule has 4 heteroatoms. The summed E-state index contributed by atoms with van der Waals surface area (Å²) in [6.07, 6.45) is 15.9. The lowest BCUT2D eigenvalue weighted by Crippen LogP contribution is -2.64. The average molecular weight is 481 g/mol. The van der Waals surface area contributed by atoms with Crippen molar-refractivity contribution in [2.24, 2.45) is 45.8 Å². The van der Waals surface area contributed by atoms with E-state index >= 15 is 0 Å². The molecule has 7 fully saturated rings. The highest BCUT2D eigenvalue weighted by atomic mass is 16.5. The summed E-state index contributed by atoms with van der Waals surface area (Å²) in [5, 5.41) is 10.4. The highest BCUT2D eigenvalue weighted by Gasteiger charge is 2.91. The standard InChI is InChI=1S/C31H48N2O2/c1-19-13-26-27(33(17-19)12-11-32(3)4)25-16-30-18-29(30)15-24-22(23(29)8-10-31(25,30)35-26)6-5-20-14-21(34)7-9-28(20,24)2/h5,19,21-27,34H,6-18H2,1-4H3/t19-,21-,22?,23-,24-,25+,26+,27-,28-,29?,30?,31+/m0/s1. The summed E-state index contributed by atoms with van der Waals surface area (Å²) in [6.45, 7) is 8.69. The summed E-state index contributed by atoms with van der Waals surface area (Å²) in [5.74, 6) is 4.24. The summed E-state index contributed by atoms with van der Waals surface area (Å²) in [5.41, 5.74) is 3.30. The number of aliphatic hydroxyl groups excluding tert-OH is 1. The quantitative estimate of drug-likeness (QED) is 0.593. The van der Waals surface area contributed by atoms with E-state index in [9.17, 15) is 5.11 Å². The Hall–Kier alpha value is -0.420. The molecule has 12 atom stereocenters. The first-order valence-electron chi connectivity index (χ1n) is 15.2. The molecule has 2 saturated heterocycles. The van der Waals surface area contributed by atoms with Crippen LogP contribution in [0.15, 0.2) is 11.6 Å². The number of rotatable bonds is 3. The number of aliphatic hydroxyl groups is 1. The summed E-state index contributed by atoms with van der Waals surface area (Å²) in [7, 11) is 4.44. The second kappa shape index (κ2) is 6.96. The Morgan fingerprint density at radius 2 is 2.00 bits per heavy atom. The minimum atomic E-state index is -0.0938. The Morgan fingerprint density at radius 1 is 1.14 bits per heavy atom. The van der Waals surface area contributed by atoms with Crippen LogP contribution in [0.3, 0.4) is 0 Å². The number of hydrogen-bond donors (Lipinski definition) is 1. The van der Waals surface area contributed by atoms with Gasteiger partial charge in [-0.1, -0.05) is 25.5 Å². The largest absolute Gasteiger partial charge is 0.393 e. The minimum absolute atomic E-state index is 0.0938. The molecule has 4 nitrogen and oxygen atoms in total. The van der Waals surface area contributed by atoms with Crippen molar-refractivity contribution in [3.8, 4) is 0 Å². The third kappa shape index (κ3) is 2.55. The van der Waals surface area contributed by atoms with E-state index in [0.717, 1.165) is 42.4 Å². The van der Waals surface area contributed by atoms with Gasteiger partial charge in [0.05, 0.1) is 17.8 Å². The lowest BCUT2D eigenvalue weighted by molar-refractivity contribution is -0.211. The Morgan fingerprint density at radius 3 is 2.83 bits per heavy atom. The van der Waals surface area contributed by atoms with Crippen molar-refractivity contribution in [3.63, 3.8) is 0 Å². The van der Waals surface area contributed by atoms with Crippen LogP contribution in [0.4, 0.5) is 0 Å². The second-order valence-electron chi connectivity index (χ2n) is 15.3. The number of nitrogens with zero attached hydrogens (tertiary/aromatic N) is 2. The number of piperidine rings is 1. The summed E-state index contributed by atoms with van der Waals surface area (Å²) < 4.78 is 7.41. The lowest BCUT2D eigenvalue weighted by atomic mass is 9.47. The molecule has 3 unspecified atom stereocenters. The fourth-order valence-electron chi connectivity index (χ4n) is 12.5. The zero-order valence-electron chi connectivity index (χ0n) is 22.6. The Balaban J connectivity index is 1.09. The smallest absolute Gasteiger partial charge is 0.0793 e. The average Bonchev–Trinajstić information content (AvgIpc) is 3.29. The third-order valence-corrected chi connectivity index (χ3v) is 13.8. The number of ether oxygens (including phenoxy) is 1. The molecule has 0 radical (unpaired) electrons. The maximum atomic E-state index is 10.4. The minimum Gasteiger partial charge on any atom is -0.393 e. The number of hydrogen-bond acceptors (Lipinski definition) is 4. The van der Waals surface area contributed by atoms with Gasteiger partial charge in [-0.15, -0.1) is 0 Å². The van der Waals surface area contributed by atoms with Crippen molar-refractivity contribution in [3.05, 3.63) is 11.6 Å². The molecule has 0 amide bonds. The molecular weight excluding hydrogens is 432 g/mol. The molecule has 6 aliphatic carbocycles. The number of fused-ring (bicyclic) bond motifs is 6. The predicted octanol–water partition coefficient (Wildman–Crippen LogP) is 4.72. The molecule has 194 valence electrons. The lowest BCUT2D eigenvalue weighted by Gasteiger charge is -2.60. The zero-order valence-corrected chi connectivity index (χ0v) is 22.6. The van der Waals surface area contributed by atoms with Crippen molar-refractivity contribution in [2.45, 2.75) is 102 Å². The Kier molecular flexibility index (Phi) is 4.48. The third-order valence-electron chi connectivity index (χ3n) is 13.8. The van der Waals surface area contributed by atoms with Gasteiger partial charge in [-0.05, 0) is 113 Å². The molecular formula is C31H48N2O2. The van der Waals surface area contributed by atoms with E-state index in [1.807, 2.05) is 0 Å². The first-order chi connectivity index (χ1) is 16.7. The van der Waals surface area contributed by atoms with E-state index in [1.54, 1.807) is 5.57 Å². The van der Waals surface area contributed by atoms with Gasteiger partial charge in [0, 0.05) is 37.0 Å². The molecule has 2 aliphatic heterocycles. The van der Waals surface area contributed by atoms with Crippen LogP contribution in [0, 0.1) is 45.8 Å². The molecule has 0 bridgehead atoms. The summed E-state index contributed by atoms with van der Waals surface area (Å²) >= 11 is 0. The van der Waals surface area contributed by atoms with Gasteiger partial charge >= 0.3 is 0 Å². The molecule has 1 N–H and O–H groups in total. The topological polar surface area (TPSA) is 35.9 Å². The maximum Gasteiger partial charge on any atom is 0.0793 e. The van der Waals surface area contributed by atoms with Gasteiger partial charge in [0.1, 0.15) is 0 Å². The molecule has 8 rings (SSSR count). The Labute approximate surface area is 212 Å².